The molecule has 0 aliphatic rings. The van der Waals surface area contributed by atoms with Crippen LogP contribution in [0.2, 0.25) is 0 Å². The van der Waals surface area contributed by atoms with Crippen LogP contribution in [0.5, 0.6) is 0 Å². The van der Waals surface area contributed by atoms with Gasteiger partial charge >= 0.3 is 5.97 Å². The van der Waals surface area contributed by atoms with E-state index in [1.54, 1.807) is 22.6 Å². The van der Waals surface area contributed by atoms with Crippen LogP contribution in [0.25, 0.3) is 0 Å². The first-order valence-electron chi connectivity index (χ1n) is 3.49. The van der Waals surface area contributed by atoms with Gasteiger partial charge in [-0.15, -0.1) is 0 Å². The first kappa shape index (κ1) is 11.9. The number of benzene rings is 1. The molecule has 1 unspecified atom stereocenters. The van der Waals surface area contributed by atoms with Gasteiger partial charge in [0.2, 0.25) is 0 Å². The third kappa shape index (κ3) is 2.23. The summed E-state index contributed by atoms with van der Waals surface area (Å²) in [6.45, 7) is 0. The Morgan fingerprint density at radius 3 is 2.64 bits per heavy atom. The summed E-state index contributed by atoms with van der Waals surface area (Å²) in [5, 5.41) is 17.9. The lowest BCUT2D eigenvalue weighted by atomic mass is 10.1. The van der Waals surface area contributed by atoms with Gasteiger partial charge in [-0.05, 0) is 34.7 Å². The molecule has 0 radical (unpaired) electrons. The first-order valence-corrected chi connectivity index (χ1v) is 5.36. The molecule has 0 aliphatic carbocycles. The number of rotatable bonds is 2. The molecule has 14 heavy (non-hydrogen) atoms. The summed E-state index contributed by atoms with van der Waals surface area (Å²) in [7, 11) is 0. The summed E-state index contributed by atoms with van der Waals surface area (Å²) in [5.41, 5.74) is 0.0399. The first-order chi connectivity index (χ1) is 6.45. The van der Waals surface area contributed by atoms with Crippen molar-refractivity contribution < 1.29 is 19.4 Å². The minimum atomic E-state index is -1.72. The number of carboxylic acid groups (broad SMARTS) is 1. The predicted molar refractivity (Wildman–Crippen MR) is 59.4 cm³/mol. The van der Waals surface area contributed by atoms with Crippen molar-refractivity contribution in [2.24, 2.45) is 0 Å². The lowest BCUT2D eigenvalue weighted by Gasteiger charge is -2.11. The Morgan fingerprint density at radius 2 is 2.14 bits per heavy atom. The van der Waals surface area contributed by atoms with Gasteiger partial charge in [-0.2, -0.15) is 0 Å². The van der Waals surface area contributed by atoms with E-state index in [2.05, 4.69) is 15.9 Å². The van der Waals surface area contributed by atoms with E-state index in [1.165, 1.54) is 12.1 Å². The van der Waals surface area contributed by atoms with E-state index in [4.69, 9.17) is 5.11 Å². The van der Waals surface area contributed by atoms with Crippen molar-refractivity contribution in [3.05, 3.63) is 31.6 Å². The molecule has 0 fully saturated rings. The van der Waals surface area contributed by atoms with Crippen molar-refractivity contribution >= 4 is 44.5 Å². The smallest absolute Gasteiger partial charge is 0.337 e. The number of carboxylic acids is 1. The van der Waals surface area contributed by atoms with E-state index in [-0.39, 0.29) is 9.13 Å². The second kappa shape index (κ2) is 4.54. The highest BCUT2D eigenvalue weighted by atomic mass is 127. The molecule has 0 aromatic heterocycles. The number of aliphatic hydroxyl groups excluding tert-OH is 1. The zero-order valence-corrected chi connectivity index (χ0v) is 10.4. The Bertz CT molecular complexity index is 383. The fraction of sp³-hybridized carbons (Fsp3) is 0.125. The summed E-state index contributed by atoms with van der Waals surface area (Å²) in [5.74, 6) is -1.96. The molecule has 0 bridgehead atoms. The summed E-state index contributed by atoms with van der Waals surface area (Å²) >= 11 is 4.71. The Labute approximate surface area is 101 Å². The van der Waals surface area contributed by atoms with Gasteiger partial charge in [0, 0.05) is 10.0 Å². The largest absolute Gasteiger partial charge is 0.479 e. The lowest BCUT2D eigenvalue weighted by molar-refractivity contribution is -0.147. The second-order valence-electron chi connectivity index (χ2n) is 2.50. The number of aliphatic carboxylic acids is 1. The minimum Gasteiger partial charge on any atom is -0.479 e. The van der Waals surface area contributed by atoms with E-state index in [1.807, 2.05) is 0 Å². The third-order valence-electron chi connectivity index (χ3n) is 1.59. The van der Waals surface area contributed by atoms with E-state index < -0.39 is 17.9 Å². The van der Waals surface area contributed by atoms with Crippen LogP contribution >= 0.6 is 38.5 Å². The van der Waals surface area contributed by atoms with E-state index in [0.717, 1.165) is 0 Å². The monoisotopic (exact) mass is 374 g/mol. The molecule has 2 N–H and O–H groups in total. The number of hydrogen-bond donors (Lipinski definition) is 2. The van der Waals surface area contributed by atoms with Gasteiger partial charge in [0.05, 0.1) is 3.57 Å². The number of hydrogen-bond acceptors (Lipinski definition) is 2. The van der Waals surface area contributed by atoms with Gasteiger partial charge in [0.15, 0.2) is 6.10 Å². The van der Waals surface area contributed by atoms with Crippen LogP contribution in [0.1, 0.15) is 11.7 Å². The average molecular weight is 375 g/mol. The zero-order valence-electron chi connectivity index (χ0n) is 6.67. The Balaban J connectivity index is 3.32. The van der Waals surface area contributed by atoms with Crippen molar-refractivity contribution in [1.29, 1.82) is 0 Å². The SMILES string of the molecule is O=C(O)C(O)c1c(Br)ccc(F)c1I. The fourth-order valence-corrected chi connectivity index (χ4v) is 2.60. The number of carbonyl (C=O) groups is 1. The van der Waals surface area contributed by atoms with Crippen molar-refractivity contribution in [2.75, 3.05) is 0 Å². The second-order valence-corrected chi connectivity index (χ2v) is 4.43. The highest BCUT2D eigenvalue weighted by Crippen LogP contribution is 2.30. The normalized spacial score (nSPS) is 12.6. The zero-order chi connectivity index (χ0) is 10.9. The van der Waals surface area contributed by atoms with Crippen LogP contribution in [0.15, 0.2) is 16.6 Å². The summed E-state index contributed by atoms with van der Waals surface area (Å²) in [6, 6.07) is 2.56. The van der Waals surface area contributed by atoms with Crippen molar-refractivity contribution in [2.45, 2.75) is 6.10 Å². The van der Waals surface area contributed by atoms with Crippen molar-refractivity contribution in [1.82, 2.24) is 0 Å². The topological polar surface area (TPSA) is 57.5 Å². The molecule has 3 nitrogen and oxygen atoms in total. The summed E-state index contributed by atoms with van der Waals surface area (Å²) in [4.78, 5) is 10.5. The Morgan fingerprint density at radius 1 is 1.57 bits per heavy atom. The van der Waals surface area contributed by atoms with Crippen molar-refractivity contribution in [3.63, 3.8) is 0 Å². The molecule has 1 aromatic rings. The van der Waals surface area contributed by atoms with Crippen LogP contribution in [-0.4, -0.2) is 16.2 Å². The van der Waals surface area contributed by atoms with Gasteiger partial charge in [-0.25, -0.2) is 9.18 Å². The maximum Gasteiger partial charge on any atom is 0.337 e. The van der Waals surface area contributed by atoms with Gasteiger partial charge < -0.3 is 10.2 Å². The molecule has 1 rings (SSSR count). The van der Waals surface area contributed by atoms with Gasteiger partial charge in [-0.3, -0.25) is 0 Å². The van der Waals surface area contributed by atoms with Gasteiger partial charge in [0.25, 0.3) is 0 Å². The Kier molecular flexibility index (Phi) is 3.85. The lowest BCUT2D eigenvalue weighted by Crippen LogP contribution is -2.13. The number of aliphatic hydroxyl groups is 1. The average Bonchev–Trinajstić information content (AvgIpc) is 2.12. The molecular weight excluding hydrogens is 370 g/mol. The predicted octanol–water partition coefficient (Wildman–Crippen LogP) is 2.31. The quantitative estimate of drug-likeness (QED) is 0.617. The molecule has 0 amide bonds. The molecule has 6 heteroatoms. The summed E-state index contributed by atoms with van der Waals surface area (Å²) in [6.07, 6.45) is -1.72. The minimum absolute atomic E-state index is 0.0399. The molecule has 0 spiro atoms. The summed E-state index contributed by atoms with van der Waals surface area (Å²) < 4.78 is 13.5. The molecule has 0 saturated carbocycles. The highest BCUT2D eigenvalue weighted by molar-refractivity contribution is 14.1. The van der Waals surface area contributed by atoms with Gasteiger partial charge in [0.1, 0.15) is 5.82 Å². The van der Waals surface area contributed by atoms with Crippen LogP contribution in [0.3, 0.4) is 0 Å². The number of halogens is 3. The van der Waals surface area contributed by atoms with E-state index in [0.29, 0.717) is 4.47 Å². The molecular formula is C8H5BrFIO3. The maximum absolute atomic E-state index is 13.1. The maximum atomic E-state index is 13.1. The van der Waals surface area contributed by atoms with Crippen LogP contribution in [-0.2, 0) is 4.79 Å². The Hall–Kier alpha value is -0.210. The molecule has 0 heterocycles. The molecule has 0 aliphatic heterocycles. The van der Waals surface area contributed by atoms with Crippen LogP contribution in [0, 0.1) is 9.39 Å². The van der Waals surface area contributed by atoms with Gasteiger partial charge in [-0.1, -0.05) is 15.9 Å². The molecule has 0 saturated heterocycles. The molecule has 76 valence electrons. The van der Waals surface area contributed by atoms with E-state index >= 15 is 0 Å². The third-order valence-corrected chi connectivity index (χ3v) is 3.37. The van der Waals surface area contributed by atoms with E-state index in [9.17, 15) is 14.3 Å². The molecule has 1 aromatic carbocycles. The molecule has 1 atom stereocenters. The highest BCUT2D eigenvalue weighted by Gasteiger charge is 2.23. The standard InChI is InChI=1S/C8H5BrFIO3/c9-3-1-2-4(10)6(11)5(3)7(12)8(13)14/h1-2,7,12H,(H,13,14). The van der Waals surface area contributed by atoms with Crippen molar-refractivity contribution in [3.8, 4) is 0 Å². The fourth-order valence-electron chi connectivity index (χ4n) is 0.917. The van der Waals surface area contributed by atoms with Crippen LogP contribution < -0.4 is 0 Å². The van der Waals surface area contributed by atoms with Crippen LogP contribution in [0.4, 0.5) is 4.39 Å².